The second-order valence-corrected chi connectivity index (χ2v) is 3.35. The Labute approximate surface area is 88.0 Å². The number of nitrogens with one attached hydrogen (secondary N) is 1. The molecule has 1 atom stereocenters. The van der Waals surface area contributed by atoms with Gasteiger partial charge in [0.25, 0.3) is 0 Å². The normalized spacial score (nSPS) is 12.9. The second kappa shape index (κ2) is 5.29. The van der Waals surface area contributed by atoms with Gasteiger partial charge < -0.3 is 10.1 Å². The highest BCUT2D eigenvalue weighted by molar-refractivity contribution is 6.30. The quantitative estimate of drug-likeness (QED) is 0.836. The molecule has 0 aliphatic rings. The van der Waals surface area contributed by atoms with Crippen molar-refractivity contribution in [1.29, 1.82) is 0 Å². The molecule has 78 valence electrons. The summed E-state index contributed by atoms with van der Waals surface area (Å²) in [6.45, 7) is 0.410. The predicted molar refractivity (Wildman–Crippen MR) is 55.1 cm³/mol. The maximum absolute atomic E-state index is 13.5. The number of likely N-dealkylation sites (N-methyl/N-ethyl adjacent to an activating group) is 1. The minimum atomic E-state index is -0.384. The SMILES string of the molecule is CNC(COC)c1cccc(Cl)c1F. The van der Waals surface area contributed by atoms with E-state index in [1.54, 1.807) is 26.3 Å². The fourth-order valence-electron chi connectivity index (χ4n) is 1.28. The zero-order valence-electron chi connectivity index (χ0n) is 8.18. The van der Waals surface area contributed by atoms with Crippen molar-refractivity contribution in [3.05, 3.63) is 34.6 Å². The lowest BCUT2D eigenvalue weighted by Crippen LogP contribution is -2.22. The van der Waals surface area contributed by atoms with Crippen LogP contribution in [-0.4, -0.2) is 20.8 Å². The number of methoxy groups -OCH3 is 1. The second-order valence-electron chi connectivity index (χ2n) is 2.94. The van der Waals surface area contributed by atoms with Gasteiger partial charge in [-0.1, -0.05) is 23.7 Å². The van der Waals surface area contributed by atoms with Crippen LogP contribution < -0.4 is 5.32 Å². The van der Waals surface area contributed by atoms with Crippen LogP contribution >= 0.6 is 11.6 Å². The molecule has 4 heteroatoms. The Morgan fingerprint density at radius 3 is 2.86 bits per heavy atom. The molecular weight excluding hydrogens is 205 g/mol. The van der Waals surface area contributed by atoms with Gasteiger partial charge in [-0.25, -0.2) is 4.39 Å². The maximum Gasteiger partial charge on any atom is 0.146 e. The van der Waals surface area contributed by atoms with E-state index >= 15 is 0 Å². The number of halogens is 2. The van der Waals surface area contributed by atoms with Crippen LogP contribution in [0.4, 0.5) is 4.39 Å². The van der Waals surface area contributed by atoms with Crippen molar-refractivity contribution in [3.63, 3.8) is 0 Å². The Balaban J connectivity index is 2.97. The first-order valence-electron chi connectivity index (χ1n) is 4.30. The van der Waals surface area contributed by atoms with Crippen LogP contribution in [0.1, 0.15) is 11.6 Å². The molecule has 0 fully saturated rings. The summed E-state index contributed by atoms with van der Waals surface area (Å²) in [5, 5.41) is 3.10. The van der Waals surface area contributed by atoms with Crippen molar-refractivity contribution in [2.45, 2.75) is 6.04 Å². The summed E-state index contributed by atoms with van der Waals surface area (Å²) in [6, 6.07) is 4.78. The van der Waals surface area contributed by atoms with Crippen molar-refractivity contribution in [2.75, 3.05) is 20.8 Å². The molecule has 0 radical (unpaired) electrons. The van der Waals surface area contributed by atoms with Gasteiger partial charge >= 0.3 is 0 Å². The molecule has 0 aliphatic carbocycles. The first kappa shape index (κ1) is 11.4. The van der Waals surface area contributed by atoms with E-state index in [9.17, 15) is 4.39 Å². The number of hydrogen-bond donors (Lipinski definition) is 1. The molecule has 0 heterocycles. The zero-order chi connectivity index (χ0) is 10.6. The van der Waals surface area contributed by atoms with Crippen LogP contribution in [0, 0.1) is 5.82 Å². The van der Waals surface area contributed by atoms with Crippen molar-refractivity contribution >= 4 is 11.6 Å². The van der Waals surface area contributed by atoms with Crippen molar-refractivity contribution in [2.24, 2.45) is 0 Å². The molecule has 0 amide bonds. The number of rotatable bonds is 4. The predicted octanol–water partition coefficient (Wildman–Crippen LogP) is 2.39. The van der Waals surface area contributed by atoms with Crippen LogP contribution in [0.5, 0.6) is 0 Å². The zero-order valence-corrected chi connectivity index (χ0v) is 8.94. The molecule has 0 bridgehead atoms. The summed E-state index contributed by atoms with van der Waals surface area (Å²) in [5.74, 6) is -0.384. The third kappa shape index (κ3) is 2.44. The van der Waals surface area contributed by atoms with E-state index in [4.69, 9.17) is 16.3 Å². The summed E-state index contributed by atoms with van der Waals surface area (Å²) in [4.78, 5) is 0. The standard InChI is InChI=1S/C10H13ClFNO/c1-13-9(6-14-2)7-4-3-5-8(11)10(7)12/h3-5,9,13H,6H2,1-2H3. The Bertz CT molecular complexity index is 306. The summed E-state index contributed by atoms with van der Waals surface area (Å²) in [7, 11) is 3.33. The molecule has 0 spiro atoms. The monoisotopic (exact) mass is 217 g/mol. The molecule has 1 rings (SSSR count). The number of ether oxygens (including phenoxy) is 1. The van der Waals surface area contributed by atoms with Gasteiger partial charge in [0.1, 0.15) is 5.82 Å². The van der Waals surface area contributed by atoms with Crippen molar-refractivity contribution in [1.82, 2.24) is 5.32 Å². The molecule has 14 heavy (non-hydrogen) atoms. The summed E-state index contributed by atoms with van der Waals surface area (Å²) in [6.07, 6.45) is 0. The lowest BCUT2D eigenvalue weighted by atomic mass is 10.1. The third-order valence-electron chi connectivity index (χ3n) is 2.04. The average molecular weight is 218 g/mol. The Kier molecular flexibility index (Phi) is 4.32. The highest BCUT2D eigenvalue weighted by atomic mass is 35.5. The minimum absolute atomic E-state index is 0.138. The molecule has 1 aromatic carbocycles. The fraction of sp³-hybridized carbons (Fsp3) is 0.400. The van der Waals surface area contributed by atoms with Crippen LogP contribution in [0.2, 0.25) is 5.02 Å². The van der Waals surface area contributed by atoms with Gasteiger partial charge in [-0.05, 0) is 13.1 Å². The fourth-order valence-corrected chi connectivity index (χ4v) is 1.47. The Morgan fingerprint density at radius 1 is 1.57 bits per heavy atom. The van der Waals surface area contributed by atoms with Gasteiger partial charge in [-0.3, -0.25) is 0 Å². The van der Waals surface area contributed by atoms with Gasteiger partial charge in [0.2, 0.25) is 0 Å². The van der Waals surface area contributed by atoms with Crippen LogP contribution in [0.15, 0.2) is 18.2 Å². The molecule has 1 N–H and O–H groups in total. The number of hydrogen-bond acceptors (Lipinski definition) is 2. The van der Waals surface area contributed by atoms with Crippen molar-refractivity contribution < 1.29 is 9.13 Å². The first-order chi connectivity index (χ1) is 6.70. The van der Waals surface area contributed by atoms with Gasteiger partial charge in [-0.15, -0.1) is 0 Å². The van der Waals surface area contributed by atoms with E-state index in [1.807, 2.05) is 0 Å². The van der Waals surface area contributed by atoms with E-state index in [1.165, 1.54) is 6.07 Å². The molecule has 0 aliphatic heterocycles. The highest BCUT2D eigenvalue weighted by Gasteiger charge is 2.15. The highest BCUT2D eigenvalue weighted by Crippen LogP contribution is 2.23. The van der Waals surface area contributed by atoms with E-state index in [0.717, 1.165) is 0 Å². The van der Waals surface area contributed by atoms with Gasteiger partial charge in [-0.2, -0.15) is 0 Å². The molecule has 0 aromatic heterocycles. The van der Waals surface area contributed by atoms with Crippen LogP contribution in [-0.2, 0) is 4.74 Å². The average Bonchev–Trinajstić information content (AvgIpc) is 2.19. The molecule has 1 aromatic rings. The smallest absolute Gasteiger partial charge is 0.146 e. The summed E-state index contributed by atoms with van der Waals surface area (Å²) in [5.41, 5.74) is 0.529. The van der Waals surface area contributed by atoms with E-state index in [-0.39, 0.29) is 16.9 Å². The largest absolute Gasteiger partial charge is 0.383 e. The van der Waals surface area contributed by atoms with E-state index in [2.05, 4.69) is 5.32 Å². The molecular formula is C10H13ClFNO. The number of benzene rings is 1. The maximum atomic E-state index is 13.5. The van der Waals surface area contributed by atoms with E-state index in [0.29, 0.717) is 12.2 Å². The van der Waals surface area contributed by atoms with Gasteiger partial charge in [0.05, 0.1) is 17.7 Å². The Hall–Kier alpha value is -0.640. The third-order valence-corrected chi connectivity index (χ3v) is 2.33. The molecule has 1 unspecified atom stereocenters. The molecule has 0 saturated carbocycles. The first-order valence-corrected chi connectivity index (χ1v) is 4.68. The van der Waals surface area contributed by atoms with Gasteiger partial charge in [0.15, 0.2) is 0 Å². The van der Waals surface area contributed by atoms with Crippen LogP contribution in [0.25, 0.3) is 0 Å². The molecule has 2 nitrogen and oxygen atoms in total. The summed E-state index contributed by atoms with van der Waals surface area (Å²) < 4.78 is 18.5. The Morgan fingerprint density at radius 2 is 2.29 bits per heavy atom. The summed E-state index contributed by atoms with van der Waals surface area (Å²) >= 11 is 5.67. The lowest BCUT2D eigenvalue weighted by Gasteiger charge is -2.16. The molecule has 0 saturated heterocycles. The topological polar surface area (TPSA) is 21.3 Å². The van der Waals surface area contributed by atoms with Crippen LogP contribution in [0.3, 0.4) is 0 Å². The minimum Gasteiger partial charge on any atom is -0.383 e. The lowest BCUT2D eigenvalue weighted by molar-refractivity contribution is 0.169. The van der Waals surface area contributed by atoms with Crippen molar-refractivity contribution in [3.8, 4) is 0 Å². The van der Waals surface area contributed by atoms with Gasteiger partial charge in [0, 0.05) is 12.7 Å². The van der Waals surface area contributed by atoms with E-state index < -0.39 is 0 Å².